The highest BCUT2D eigenvalue weighted by atomic mass is 16.6. The molecular formula is C22H34N2O2. The molecule has 1 N–H and O–H groups in total. The van der Waals surface area contributed by atoms with E-state index in [1.54, 1.807) is 0 Å². The number of likely N-dealkylation sites (N-methyl/N-ethyl adjacent to an activating group) is 1. The van der Waals surface area contributed by atoms with Crippen LogP contribution in [-0.2, 0) is 4.84 Å². The average Bonchev–Trinajstić information content (AvgIpc) is 2.86. The maximum Gasteiger partial charge on any atom is 0.129 e. The number of aliphatic hydroxyl groups is 1. The van der Waals surface area contributed by atoms with Crippen molar-refractivity contribution in [2.75, 3.05) is 27.2 Å². The molecule has 0 bridgehead atoms. The Morgan fingerprint density at radius 2 is 1.96 bits per heavy atom. The minimum atomic E-state index is -0.596. The predicted molar refractivity (Wildman–Crippen MR) is 107 cm³/mol. The van der Waals surface area contributed by atoms with E-state index >= 15 is 0 Å². The van der Waals surface area contributed by atoms with Gasteiger partial charge in [0, 0.05) is 24.1 Å². The lowest BCUT2D eigenvalue weighted by molar-refractivity contribution is -0.0959. The summed E-state index contributed by atoms with van der Waals surface area (Å²) in [5, 5.41) is 15.7. The Hall–Kier alpha value is -1.39. The molecule has 2 saturated carbocycles. The zero-order valence-corrected chi connectivity index (χ0v) is 16.7. The van der Waals surface area contributed by atoms with Crippen LogP contribution >= 0.6 is 0 Å². The minimum absolute atomic E-state index is 0.0946. The largest absolute Gasteiger partial charge is 0.395 e. The highest BCUT2D eigenvalue weighted by Crippen LogP contribution is 2.60. The summed E-state index contributed by atoms with van der Waals surface area (Å²) in [6.07, 6.45) is 6.84. The molecule has 2 aliphatic carbocycles. The third kappa shape index (κ3) is 3.81. The van der Waals surface area contributed by atoms with Crippen molar-refractivity contribution in [2.24, 2.45) is 16.5 Å². The van der Waals surface area contributed by atoms with E-state index in [2.05, 4.69) is 48.2 Å². The molecule has 3 rings (SSSR count). The summed E-state index contributed by atoms with van der Waals surface area (Å²) in [5.74, 6) is 0.756. The summed E-state index contributed by atoms with van der Waals surface area (Å²) < 4.78 is 0. The maximum atomic E-state index is 11.5. The van der Waals surface area contributed by atoms with E-state index in [0.717, 1.165) is 38.6 Å². The maximum absolute atomic E-state index is 11.5. The van der Waals surface area contributed by atoms with Gasteiger partial charge in [0.05, 0.1) is 5.60 Å². The van der Waals surface area contributed by atoms with E-state index in [1.807, 2.05) is 20.3 Å². The van der Waals surface area contributed by atoms with Crippen LogP contribution in [0.4, 0.5) is 0 Å². The first kappa shape index (κ1) is 19.4. The molecule has 2 fully saturated rings. The average molecular weight is 359 g/mol. The van der Waals surface area contributed by atoms with Gasteiger partial charge in [0.15, 0.2) is 0 Å². The summed E-state index contributed by atoms with van der Waals surface area (Å²) >= 11 is 0. The molecule has 0 saturated heterocycles. The van der Waals surface area contributed by atoms with Gasteiger partial charge in [-0.3, -0.25) is 0 Å². The van der Waals surface area contributed by atoms with Crippen LogP contribution in [0.3, 0.4) is 0 Å². The van der Waals surface area contributed by atoms with Crippen LogP contribution in [0.25, 0.3) is 0 Å². The van der Waals surface area contributed by atoms with Crippen molar-refractivity contribution >= 4 is 6.21 Å². The SMILES string of the molecule is Cc1ccc([C@H]2CC[C@]3(C)C(/C=N/OCCN(C)C)CCC3(O)C2)cc1. The van der Waals surface area contributed by atoms with Crippen LogP contribution in [-0.4, -0.2) is 49.1 Å². The third-order valence-corrected chi connectivity index (χ3v) is 6.84. The molecule has 0 amide bonds. The standard InChI is InChI=1S/C22H34N2O2/c1-17-5-7-18(8-6-17)19-9-11-21(2)20(10-12-22(21,25)15-19)16-23-26-14-13-24(3)4/h5-8,16,19-20,25H,9-15H2,1-4H3/b23-16+/t19-,20?,21+,22?/m0/s1. The van der Waals surface area contributed by atoms with Crippen LogP contribution in [0.5, 0.6) is 0 Å². The van der Waals surface area contributed by atoms with E-state index in [-0.39, 0.29) is 5.41 Å². The molecular weight excluding hydrogens is 324 g/mol. The molecule has 26 heavy (non-hydrogen) atoms. The van der Waals surface area contributed by atoms with Gasteiger partial charge in [0.1, 0.15) is 6.61 Å². The highest BCUT2D eigenvalue weighted by molar-refractivity contribution is 5.62. The fourth-order valence-electron chi connectivity index (χ4n) is 4.84. The lowest BCUT2D eigenvalue weighted by atomic mass is 9.59. The Bertz CT molecular complexity index is 628. The van der Waals surface area contributed by atoms with E-state index < -0.39 is 5.60 Å². The Kier molecular flexibility index (Phi) is 5.73. The van der Waals surface area contributed by atoms with Gasteiger partial charge in [0.2, 0.25) is 0 Å². The van der Waals surface area contributed by atoms with Gasteiger partial charge in [-0.05, 0) is 64.6 Å². The number of benzene rings is 1. The smallest absolute Gasteiger partial charge is 0.129 e. The second-order valence-corrected chi connectivity index (χ2v) is 8.84. The molecule has 4 heteroatoms. The van der Waals surface area contributed by atoms with Crippen molar-refractivity contribution in [3.63, 3.8) is 0 Å². The van der Waals surface area contributed by atoms with Gasteiger partial charge < -0.3 is 14.8 Å². The summed E-state index contributed by atoms with van der Waals surface area (Å²) in [6, 6.07) is 8.84. The first-order chi connectivity index (χ1) is 12.3. The number of nitrogens with zero attached hydrogens (tertiary/aromatic N) is 2. The third-order valence-electron chi connectivity index (χ3n) is 6.84. The summed E-state index contributed by atoms with van der Waals surface area (Å²) in [6.45, 7) is 5.84. The summed E-state index contributed by atoms with van der Waals surface area (Å²) in [4.78, 5) is 7.49. The number of aryl methyl sites for hydroxylation is 1. The first-order valence-electron chi connectivity index (χ1n) is 9.93. The second-order valence-electron chi connectivity index (χ2n) is 8.84. The monoisotopic (exact) mass is 358 g/mol. The van der Waals surface area contributed by atoms with E-state index in [4.69, 9.17) is 4.84 Å². The molecule has 2 aliphatic rings. The van der Waals surface area contributed by atoms with Crippen molar-refractivity contribution in [1.29, 1.82) is 0 Å². The minimum Gasteiger partial charge on any atom is -0.395 e. The molecule has 2 unspecified atom stereocenters. The van der Waals surface area contributed by atoms with Gasteiger partial charge in [0.25, 0.3) is 0 Å². The molecule has 0 aliphatic heterocycles. The summed E-state index contributed by atoms with van der Waals surface area (Å²) in [5.41, 5.74) is 1.97. The Balaban J connectivity index is 1.64. The summed E-state index contributed by atoms with van der Waals surface area (Å²) in [7, 11) is 4.05. The van der Waals surface area contributed by atoms with E-state index in [9.17, 15) is 5.11 Å². The molecule has 4 atom stereocenters. The molecule has 0 spiro atoms. The Morgan fingerprint density at radius 3 is 2.65 bits per heavy atom. The number of fused-ring (bicyclic) bond motifs is 1. The van der Waals surface area contributed by atoms with Crippen molar-refractivity contribution in [1.82, 2.24) is 4.90 Å². The van der Waals surface area contributed by atoms with Crippen molar-refractivity contribution in [3.05, 3.63) is 35.4 Å². The van der Waals surface area contributed by atoms with Gasteiger partial charge in [-0.25, -0.2) is 0 Å². The van der Waals surface area contributed by atoms with E-state index in [1.165, 1.54) is 11.1 Å². The van der Waals surface area contributed by atoms with Crippen molar-refractivity contribution in [2.45, 2.75) is 57.5 Å². The predicted octanol–water partition coefficient (Wildman–Crippen LogP) is 3.97. The Morgan fingerprint density at radius 1 is 1.23 bits per heavy atom. The fraction of sp³-hybridized carbons (Fsp3) is 0.682. The molecule has 4 nitrogen and oxygen atoms in total. The van der Waals surface area contributed by atoms with Crippen LogP contribution in [0.2, 0.25) is 0 Å². The molecule has 144 valence electrons. The Labute approximate surface area is 158 Å². The lowest BCUT2D eigenvalue weighted by Crippen LogP contribution is -2.49. The fourth-order valence-corrected chi connectivity index (χ4v) is 4.84. The van der Waals surface area contributed by atoms with Gasteiger partial charge in [-0.2, -0.15) is 0 Å². The molecule has 0 aromatic heterocycles. The number of rotatable bonds is 6. The van der Waals surface area contributed by atoms with Gasteiger partial charge >= 0.3 is 0 Å². The zero-order chi connectivity index (χ0) is 18.8. The highest BCUT2D eigenvalue weighted by Gasteiger charge is 2.58. The first-order valence-corrected chi connectivity index (χ1v) is 9.93. The molecule has 1 aromatic carbocycles. The number of oxime groups is 1. The zero-order valence-electron chi connectivity index (χ0n) is 16.7. The van der Waals surface area contributed by atoms with Crippen molar-refractivity contribution < 1.29 is 9.94 Å². The number of hydrogen-bond acceptors (Lipinski definition) is 4. The molecule has 0 radical (unpaired) electrons. The van der Waals surface area contributed by atoms with Crippen LogP contribution < -0.4 is 0 Å². The second kappa shape index (κ2) is 7.69. The van der Waals surface area contributed by atoms with Crippen LogP contribution in [0, 0.1) is 18.3 Å². The van der Waals surface area contributed by atoms with Crippen LogP contribution in [0.15, 0.2) is 29.4 Å². The molecule has 1 aromatic rings. The van der Waals surface area contributed by atoms with Crippen molar-refractivity contribution in [3.8, 4) is 0 Å². The topological polar surface area (TPSA) is 45.1 Å². The normalized spacial score (nSPS) is 34.4. The van der Waals surface area contributed by atoms with E-state index in [0.29, 0.717) is 18.4 Å². The number of hydrogen-bond donors (Lipinski definition) is 1. The molecule has 0 heterocycles. The quantitative estimate of drug-likeness (QED) is 0.475. The van der Waals surface area contributed by atoms with Gasteiger partial charge in [-0.1, -0.05) is 41.9 Å². The lowest BCUT2D eigenvalue weighted by Gasteiger charge is -2.48. The van der Waals surface area contributed by atoms with Gasteiger partial charge in [-0.15, -0.1) is 0 Å². The van der Waals surface area contributed by atoms with Crippen LogP contribution in [0.1, 0.15) is 56.1 Å².